The fourth-order valence-corrected chi connectivity index (χ4v) is 4.79. The molecule has 118 valence electrons. The van der Waals surface area contributed by atoms with Gasteiger partial charge in [-0.3, -0.25) is 14.9 Å². The molecule has 8 heteroatoms. The minimum absolute atomic E-state index is 0.0265. The van der Waals surface area contributed by atoms with Gasteiger partial charge in [-0.1, -0.05) is 13.8 Å². The second-order valence-electron chi connectivity index (χ2n) is 6.43. The van der Waals surface area contributed by atoms with Gasteiger partial charge in [0.05, 0.1) is 28.3 Å². The van der Waals surface area contributed by atoms with Crippen molar-refractivity contribution in [3.05, 3.63) is 23.5 Å². The molecule has 22 heavy (non-hydrogen) atoms. The highest BCUT2D eigenvalue weighted by molar-refractivity contribution is 7.93. The third-order valence-corrected chi connectivity index (χ3v) is 5.91. The zero-order chi connectivity index (χ0) is 16.1. The van der Waals surface area contributed by atoms with Crippen molar-refractivity contribution in [3.8, 4) is 0 Å². The van der Waals surface area contributed by atoms with Gasteiger partial charge < -0.3 is 5.32 Å². The van der Waals surface area contributed by atoms with Gasteiger partial charge in [0.15, 0.2) is 9.84 Å². The SMILES string of the molecule is CC(C)c1[nH]nc2cc(C(=O)NC3(C)CS(=O)(=O)C3)cnc12. The highest BCUT2D eigenvalue weighted by Gasteiger charge is 2.45. The summed E-state index contributed by atoms with van der Waals surface area (Å²) >= 11 is 0. The molecular weight excluding hydrogens is 304 g/mol. The van der Waals surface area contributed by atoms with Gasteiger partial charge in [0.2, 0.25) is 0 Å². The maximum absolute atomic E-state index is 12.3. The van der Waals surface area contributed by atoms with Gasteiger partial charge in [-0.15, -0.1) is 0 Å². The Morgan fingerprint density at radius 2 is 2.09 bits per heavy atom. The summed E-state index contributed by atoms with van der Waals surface area (Å²) in [4.78, 5) is 16.6. The molecule has 0 aromatic carbocycles. The highest BCUT2D eigenvalue weighted by atomic mass is 32.2. The Bertz CT molecular complexity index is 842. The van der Waals surface area contributed by atoms with E-state index in [-0.39, 0.29) is 23.3 Å². The molecule has 0 atom stereocenters. The number of hydrogen-bond donors (Lipinski definition) is 2. The average Bonchev–Trinajstić information content (AvgIpc) is 2.78. The molecule has 0 radical (unpaired) electrons. The summed E-state index contributed by atoms with van der Waals surface area (Å²) in [5, 5.41) is 9.87. The van der Waals surface area contributed by atoms with Crippen molar-refractivity contribution in [2.45, 2.75) is 32.2 Å². The molecule has 3 rings (SSSR count). The number of rotatable bonds is 3. The lowest BCUT2D eigenvalue weighted by atomic mass is 10.1. The van der Waals surface area contributed by atoms with Crippen molar-refractivity contribution >= 4 is 26.8 Å². The lowest BCUT2D eigenvalue weighted by Gasteiger charge is -2.38. The average molecular weight is 322 g/mol. The highest BCUT2D eigenvalue weighted by Crippen LogP contribution is 2.24. The third kappa shape index (κ3) is 2.58. The maximum atomic E-state index is 12.3. The predicted molar refractivity (Wildman–Crippen MR) is 82.5 cm³/mol. The zero-order valence-electron chi connectivity index (χ0n) is 12.7. The van der Waals surface area contributed by atoms with Crippen molar-refractivity contribution in [1.29, 1.82) is 0 Å². The van der Waals surface area contributed by atoms with Crippen LogP contribution >= 0.6 is 0 Å². The lowest BCUT2D eigenvalue weighted by molar-refractivity contribution is 0.0916. The van der Waals surface area contributed by atoms with Crippen LogP contribution in [0.4, 0.5) is 0 Å². The van der Waals surface area contributed by atoms with Crippen LogP contribution in [-0.4, -0.2) is 46.6 Å². The second-order valence-corrected chi connectivity index (χ2v) is 8.50. The summed E-state index contributed by atoms with van der Waals surface area (Å²) in [6, 6.07) is 1.66. The summed E-state index contributed by atoms with van der Waals surface area (Å²) in [5.41, 5.74) is 1.99. The van der Waals surface area contributed by atoms with Crippen molar-refractivity contribution in [1.82, 2.24) is 20.5 Å². The standard InChI is InChI=1S/C14H18N4O3S/c1-8(2)11-12-10(17-18-11)4-9(5-15-12)13(19)16-14(3)6-22(20,21)7-14/h4-5,8H,6-7H2,1-3H3,(H,16,19)(H,17,18). The Morgan fingerprint density at radius 3 is 2.68 bits per heavy atom. The molecule has 1 aliphatic rings. The van der Waals surface area contributed by atoms with Crippen LogP contribution in [0.25, 0.3) is 11.0 Å². The van der Waals surface area contributed by atoms with Crippen LogP contribution in [-0.2, 0) is 9.84 Å². The van der Waals surface area contributed by atoms with Crippen LogP contribution in [0, 0.1) is 0 Å². The minimum Gasteiger partial charge on any atom is -0.345 e. The Labute approximate surface area is 128 Å². The van der Waals surface area contributed by atoms with Gasteiger partial charge in [-0.2, -0.15) is 5.10 Å². The Hall–Kier alpha value is -1.96. The number of carbonyl (C=O) groups is 1. The van der Waals surface area contributed by atoms with E-state index in [2.05, 4.69) is 20.5 Å². The number of carbonyl (C=O) groups excluding carboxylic acids is 1. The molecule has 2 N–H and O–H groups in total. The summed E-state index contributed by atoms with van der Waals surface area (Å²) in [5.74, 6) is -0.125. The molecule has 3 heterocycles. The molecule has 7 nitrogen and oxygen atoms in total. The molecule has 0 aliphatic carbocycles. The first-order valence-corrected chi connectivity index (χ1v) is 8.88. The quantitative estimate of drug-likeness (QED) is 0.877. The first-order chi connectivity index (χ1) is 10.2. The largest absolute Gasteiger partial charge is 0.345 e. The Balaban J connectivity index is 1.83. The number of sulfone groups is 1. The van der Waals surface area contributed by atoms with Crippen LogP contribution in [0.3, 0.4) is 0 Å². The Morgan fingerprint density at radius 1 is 1.41 bits per heavy atom. The van der Waals surface area contributed by atoms with Crippen molar-refractivity contribution < 1.29 is 13.2 Å². The number of nitrogens with zero attached hydrogens (tertiary/aromatic N) is 2. The number of amides is 1. The molecule has 1 amide bonds. The number of H-pyrrole nitrogens is 1. The van der Waals surface area contributed by atoms with E-state index in [1.807, 2.05) is 13.8 Å². The van der Waals surface area contributed by atoms with Crippen LogP contribution in [0.15, 0.2) is 12.3 Å². The molecule has 1 fully saturated rings. The molecule has 0 spiro atoms. The summed E-state index contributed by atoms with van der Waals surface area (Å²) in [7, 11) is -3.01. The van der Waals surface area contributed by atoms with E-state index in [1.54, 1.807) is 13.0 Å². The third-order valence-electron chi connectivity index (χ3n) is 3.75. The van der Waals surface area contributed by atoms with Crippen LogP contribution in [0.5, 0.6) is 0 Å². The van der Waals surface area contributed by atoms with Gasteiger partial charge in [0, 0.05) is 6.20 Å². The first kappa shape index (κ1) is 15.0. The molecule has 0 unspecified atom stereocenters. The van der Waals surface area contributed by atoms with Crippen LogP contribution < -0.4 is 5.32 Å². The van der Waals surface area contributed by atoms with E-state index in [4.69, 9.17) is 0 Å². The number of hydrogen-bond acceptors (Lipinski definition) is 5. The second kappa shape index (κ2) is 4.77. The van der Waals surface area contributed by atoms with Crippen LogP contribution in [0.2, 0.25) is 0 Å². The van der Waals surface area contributed by atoms with Gasteiger partial charge >= 0.3 is 0 Å². The number of nitrogens with one attached hydrogen (secondary N) is 2. The predicted octanol–water partition coefficient (Wildman–Crippen LogP) is 0.998. The molecular formula is C14H18N4O3S. The van der Waals surface area contributed by atoms with Gasteiger partial charge in [0.25, 0.3) is 5.91 Å². The normalized spacial score (nSPS) is 19.1. The number of pyridine rings is 1. The molecule has 2 aromatic rings. The fraction of sp³-hybridized carbons (Fsp3) is 0.500. The van der Waals surface area contributed by atoms with E-state index in [9.17, 15) is 13.2 Å². The van der Waals surface area contributed by atoms with Gasteiger partial charge in [-0.05, 0) is 18.9 Å². The monoisotopic (exact) mass is 322 g/mol. The van der Waals surface area contributed by atoms with E-state index in [0.29, 0.717) is 11.1 Å². The van der Waals surface area contributed by atoms with Crippen molar-refractivity contribution in [2.75, 3.05) is 11.5 Å². The fourth-order valence-electron chi connectivity index (χ4n) is 2.79. The summed E-state index contributed by atoms with van der Waals surface area (Å²) < 4.78 is 22.6. The lowest BCUT2D eigenvalue weighted by Crippen LogP contribution is -2.63. The molecule has 0 bridgehead atoms. The van der Waals surface area contributed by atoms with E-state index >= 15 is 0 Å². The molecule has 2 aromatic heterocycles. The van der Waals surface area contributed by atoms with Gasteiger partial charge in [-0.25, -0.2) is 8.42 Å². The number of aromatic nitrogens is 3. The van der Waals surface area contributed by atoms with E-state index in [0.717, 1.165) is 11.2 Å². The van der Waals surface area contributed by atoms with Gasteiger partial charge in [0.1, 0.15) is 11.0 Å². The summed E-state index contributed by atoms with van der Waals surface area (Å²) in [6.07, 6.45) is 1.50. The van der Waals surface area contributed by atoms with E-state index in [1.165, 1.54) is 6.20 Å². The van der Waals surface area contributed by atoms with Crippen molar-refractivity contribution in [2.24, 2.45) is 0 Å². The maximum Gasteiger partial charge on any atom is 0.253 e. The summed E-state index contributed by atoms with van der Waals surface area (Å²) in [6.45, 7) is 5.80. The molecule has 1 saturated heterocycles. The Kier molecular flexibility index (Phi) is 3.24. The smallest absolute Gasteiger partial charge is 0.253 e. The van der Waals surface area contributed by atoms with E-state index < -0.39 is 15.4 Å². The molecule has 1 aliphatic heterocycles. The number of aromatic amines is 1. The number of fused-ring (bicyclic) bond motifs is 1. The van der Waals surface area contributed by atoms with Crippen molar-refractivity contribution in [3.63, 3.8) is 0 Å². The molecule has 0 saturated carbocycles. The topological polar surface area (TPSA) is 105 Å². The first-order valence-electron chi connectivity index (χ1n) is 7.06. The van der Waals surface area contributed by atoms with Crippen LogP contribution in [0.1, 0.15) is 42.7 Å². The minimum atomic E-state index is -3.01. The zero-order valence-corrected chi connectivity index (χ0v) is 13.5.